The number of nitrogens with zero attached hydrogens (tertiary/aromatic N) is 1. The zero-order valence-electron chi connectivity index (χ0n) is 10.6. The summed E-state index contributed by atoms with van der Waals surface area (Å²) >= 11 is 6.03. The molecule has 0 unspecified atom stereocenters. The summed E-state index contributed by atoms with van der Waals surface area (Å²) in [5.41, 5.74) is 1.87. The minimum absolute atomic E-state index is 0.0435. The second-order valence-corrected chi connectivity index (χ2v) is 4.75. The number of rotatable bonds is 4. The summed E-state index contributed by atoms with van der Waals surface area (Å²) < 4.78 is 0. The third-order valence-electron chi connectivity index (χ3n) is 2.89. The Kier molecular flexibility index (Phi) is 4.53. The smallest absolute Gasteiger partial charge is 0.224 e. The van der Waals surface area contributed by atoms with Crippen LogP contribution in [0.2, 0.25) is 5.02 Å². The zero-order chi connectivity index (χ0) is 13.7. The molecular weight excluding hydrogens is 260 g/mol. The summed E-state index contributed by atoms with van der Waals surface area (Å²) in [4.78, 5) is 15.9. The first-order valence-electron chi connectivity index (χ1n) is 6.09. The SMILES string of the molecule is C[C@@H](NC(=O)Cc1ccccc1Cl)c1ccncc1. The molecule has 0 aliphatic carbocycles. The van der Waals surface area contributed by atoms with Gasteiger partial charge in [0, 0.05) is 17.4 Å². The molecule has 0 fully saturated rings. The van der Waals surface area contributed by atoms with Crippen molar-refractivity contribution in [2.24, 2.45) is 0 Å². The zero-order valence-corrected chi connectivity index (χ0v) is 11.4. The fraction of sp³-hybridized carbons (Fsp3) is 0.200. The molecule has 4 heteroatoms. The molecule has 98 valence electrons. The Balaban J connectivity index is 1.97. The molecule has 1 N–H and O–H groups in total. The molecule has 1 aromatic heterocycles. The Bertz CT molecular complexity index is 557. The first kappa shape index (κ1) is 13.6. The van der Waals surface area contributed by atoms with Gasteiger partial charge < -0.3 is 5.32 Å². The summed E-state index contributed by atoms with van der Waals surface area (Å²) in [5, 5.41) is 3.57. The maximum atomic E-state index is 12.0. The van der Waals surface area contributed by atoms with E-state index in [4.69, 9.17) is 11.6 Å². The van der Waals surface area contributed by atoms with E-state index in [-0.39, 0.29) is 18.4 Å². The highest BCUT2D eigenvalue weighted by molar-refractivity contribution is 6.31. The molecule has 2 rings (SSSR count). The molecule has 0 aliphatic rings. The number of pyridine rings is 1. The van der Waals surface area contributed by atoms with Gasteiger partial charge in [0.2, 0.25) is 5.91 Å². The molecule has 0 saturated heterocycles. The van der Waals surface area contributed by atoms with Crippen LogP contribution >= 0.6 is 11.6 Å². The fourth-order valence-electron chi connectivity index (χ4n) is 1.84. The van der Waals surface area contributed by atoms with Gasteiger partial charge in [-0.3, -0.25) is 9.78 Å². The van der Waals surface area contributed by atoms with Gasteiger partial charge in [0.25, 0.3) is 0 Å². The van der Waals surface area contributed by atoms with Gasteiger partial charge in [0.05, 0.1) is 12.5 Å². The summed E-state index contributed by atoms with van der Waals surface area (Å²) in [6.45, 7) is 1.94. The van der Waals surface area contributed by atoms with Crippen LogP contribution in [0.15, 0.2) is 48.8 Å². The summed E-state index contributed by atoms with van der Waals surface area (Å²) in [7, 11) is 0. The molecule has 0 radical (unpaired) electrons. The fourth-order valence-corrected chi connectivity index (χ4v) is 2.05. The predicted octanol–water partition coefficient (Wildman–Crippen LogP) is 3.15. The second kappa shape index (κ2) is 6.34. The molecule has 0 spiro atoms. The third-order valence-corrected chi connectivity index (χ3v) is 3.26. The number of carbonyl (C=O) groups excluding carboxylic acids is 1. The van der Waals surface area contributed by atoms with Gasteiger partial charge >= 0.3 is 0 Å². The van der Waals surface area contributed by atoms with E-state index in [0.717, 1.165) is 11.1 Å². The number of hydrogen-bond donors (Lipinski definition) is 1. The van der Waals surface area contributed by atoms with Crippen LogP contribution < -0.4 is 5.32 Å². The van der Waals surface area contributed by atoms with Gasteiger partial charge in [-0.2, -0.15) is 0 Å². The van der Waals surface area contributed by atoms with Crippen LogP contribution in [0, 0.1) is 0 Å². The monoisotopic (exact) mass is 274 g/mol. The van der Waals surface area contributed by atoms with Crippen molar-refractivity contribution in [1.82, 2.24) is 10.3 Å². The van der Waals surface area contributed by atoms with Crippen molar-refractivity contribution in [3.05, 3.63) is 64.9 Å². The molecule has 0 aliphatic heterocycles. The average molecular weight is 275 g/mol. The molecular formula is C15H15ClN2O. The van der Waals surface area contributed by atoms with Gasteiger partial charge in [-0.15, -0.1) is 0 Å². The quantitative estimate of drug-likeness (QED) is 0.931. The number of carbonyl (C=O) groups is 1. The number of hydrogen-bond acceptors (Lipinski definition) is 2. The van der Waals surface area contributed by atoms with E-state index in [9.17, 15) is 4.79 Å². The van der Waals surface area contributed by atoms with Crippen LogP contribution in [0.1, 0.15) is 24.1 Å². The van der Waals surface area contributed by atoms with E-state index in [1.54, 1.807) is 18.5 Å². The number of nitrogens with one attached hydrogen (secondary N) is 1. The van der Waals surface area contributed by atoms with Gasteiger partial charge in [0.15, 0.2) is 0 Å². The van der Waals surface area contributed by atoms with Crippen LogP contribution in [-0.2, 0) is 11.2 Å². The third kappa shape index (κ3) is 3.80. The van der Waals surface area contributed by atoms with Crippen LogP contribution in [0.5, 0.6) is 0 Å². The molecule has 1 amide bonds. The standard InChI is InChI=1S/C15H15ClN2O/c1-11(12-6-8-17-9-7-12)18-15(19)10-13-4-2-3-5-14(13)16/h2-9,11H,10H2,1H3,(H,18,19)/t11-/m1/s1. The van der Waals surface area contributed by atoms with E-state index in [1.165, 1.54) is 0 Å². The molecule has 1 aromatic carbocycles. The Morgan fingerprint density at radius 2 is 1.95 bits per heavy atom. The first-order chi connectivity index (χ1) is 9.16. The lowest BCUT2D eigenvalue weighted by atomic mass is 10.1. The van der Waals surface area contributed by atoms with E-state index in [2.05, 4.69) is 10.3 Å². The highest BCUT2D eigenvalue weighted by Crippen LogP contribution is 2.16. The molecule has 0 saturated carbocycles. The van der Waals surface area contributed by atoms with Crippen LogP contribution in [0.25, 0.3) is 0 Å². The van der Waals surface area contributed by atoms with E-state index >= 15 is 0 Å². The van der Waals surface area contributed by atoms with E-state index < -0.39 is 0 Å². The summed E-state index contributed by atoms with van der Waals surface area (Å²) in [6, 6.07) is 11.1. The van der Waals surface area contributed by atoms with E-state index in [0.29, 0.717) is 5.02 Å². The number of halogens is 1. The second-order valence-electron chi connectivity index (χ2n) is 4.34. The highest BCUT2D eigenvalue weighted by atomic mass is 35.5. The summed E-state index contributed by atoms with van der Waals surface area (Å²) in [6.07, 6.45) is 3.72. The van der Waals surface area contributed by atoms with Gasteiger partial charge in [-0.1, -0.05) is 29.8 Å². The van der Waals surface area contributed by atoms with Crippen molar-refractivity contribution in [2.45, 2.75) is 19.4 Å². The van der Waals surface area contributed by atoms with Gasteiger partial charge in [0.1, 0.15) is 0 Å². The van der Waals surface area contributed by atoms with Crippen molar-refractivity contribution in [1.29, 1.82) is 0 Å². The molecule has 0 bridgehead atoms. The Morgan fingerprint density at radius 1 is 1.26 bits per heavy atom. The van der Waals surface area contributed by atoms with Crippen molar-refractivity contribution < 1.29 is 4.79 Å². The maximum Gasteiger partial charge on any atom is 0.224 e. The van der Waals surface area contributed by atoms with Crippen molar-refractivity contribution in [2.75, 3.05) is 0 Å². The number of benzene rings is 1. The van der Waals surface area contributed by atoms with Crippen molar-refractivity contribution in [3.63, 3.8) is 0 Å². The van der Waals surface area contributed by atoms with Crippen molar-refractivity contribution >= 4 is 17.5 Å². The van der Waals surface area contributed by atoms with Crippen LogP contribution in [0.3, 0.4) is 0 Å². The Hall–Kier alpha value is -1.87. The van der Waals surface area contributed by atoms with E-state index in [1.807, 2.05) is 37.3 Å². The lowest BCUT2D eigenvalue weighted by Crippen LogP contribution is -2.28. The molecule has 1 heterocycles. The Labute approximate surface area is 117 Å². The van der Waals surface area contributed by atoms with Gasteiger partial charge in [-0.05, 0) is 36.2 Å². The lowest BCUT2D eigenvalue weighted by molar-refractivity contribution is -0.121. The minimum atomic E-state index is -0.0441. The first-order valence-corrected chi connectivity index (χ1v) is 6.47. The number of aromatic nitrogens is 1. The highest BCUT2D eigenvalue weighted by Gasteiger charge is 2.11. The van der Waals surface area contributed by atoms with Gasteiger partial charge in [-0.25, -0.2) is 0 Å². The topological polar surface area (TPSA) is 42.0 Å². The largest absolute Gasteiger partial charge is 0.349 e. The molecule has 2 aromatic rings. The minimum Gasteiger partial charge on any atom is -0.349 e. The predicted molar refractivity (Wildman–Crippen MR) is 76.0 cm³/mol. The average Bonchev–Trinajstić information content (AvgIpc) is 2.42. The normalized spacial score (nSPS) is 11.9. The van der Waals surface area contributed by atoms with Crippen LogP contribution in [-0.4, -0.2) is 10.9 Å². The van der Waals surface area contributed by atoms with Crippen molar-refractivity contribution in [3.8, 4) is 0 Å². The van der Waals surface area contributed by atoms with Crippen LogP contribution in [0.4, 0.5) is 0 Å². The maximum absolute atomic E-state index is 12.0. The summed E-state index contributed by atoms with van der Waals surface area (Å²) in [5.74, 6) is -0.0441. The lowest BCUT2D eigenvalue weighted by Gasteiger charge is -2.14. The molecule has 1 atom stereocenters. The Morgan fingerprint density at radius 3 is 2.63 bits per heavy atom. The molecule has 3 nitrogen and oxygen atoms in total. The number of amides is 1. The molecule has 19 heavy (non-hydrogen) atoms.